The van der Waals surface area contributed by atoms with E-state index in [0.29, 0.717) is 28.5 Å². The quantitative estimate of drug-likeness (QED) is 0.451. The molecule has 0 saturated heterocycles. The molecular weight excluding hydrogens is 473 g/mol. The van der Waals surface area contributed by atoms with Gasteiger partial charge >= 0.3 is 0 Å². The van der Waals surface area contributed by atoms with E-state index < -0.39 is 11.8 Å². The van der Waals surface area contributed by atoms with Gasteiger partial charge in [0.2, 0.25) is 0 Å². The fraction of sp³-hybridized carbons (Fsp3) is 0.115. The van der Waals surface area contributed by atoms with E-state index >= 15 is 0 Å². The van der Waals surface area contributed by atoms with Crippen LogP contribution < -0.4 is 15.5 Å². The van der Waals surface area contributed by atoms with E-state index in [0.717, 1.165) is 22.4 Å². The SMILES string of the molecule is Cc1ccc(N2C(=O)C(Cl)=C(Nc3ccc(C(=O)NCCc4ccccc4)cc3)C2=O)cc1Cl. The van der Waals surface area contributed by atoms with Gasteiger partial charge in [0.05, 0.1) is 5.69 Å². The van der Waals surface area contributed by atoms with Gasteiger partial charge in [0.1, 0.15) is 10.7 Å². The molecule has 1 aliphatic rings. The molecule has 3 aromatic carbocycles. The smallest absolute Gasteiger partial charge is 0.283 e. The highest BCUT2D eigenvalue weighted by atomic mass is 35.5. The molecule has 172 valence electrons. The minimum absolute atomic E-state index is 0.0385. The molecule has 3 amide bonds. The molecule has 0 bridgehead atoms. The Kier molecular flexibility index (Phi) is 7.01. The van der Waals surface area contributed by atoms with Crippen LogP contribution in [0.2, 0.25) is 5.02 Å². The van der Waals surface area contributed by atoms with E-state index in [4.69, 9.17) is 23.2 Å². The van der Waals surface area contributed by atoms with Gasteiger partial charge in [-0.05, 0) is 60.9 Å². The van der Waals surface area contributed by atoms with Crippen molar-refractivity contribution in [3.05, 3.63) is 105 Å². The topological polar surface area (TPSA) is 78.5 Å². The maximum Gasteiger partial charge on any atom is 0.283 e. The third-order valence-electron chi connectivity index (χ3n) is 5.40. The molecule has 3 aromatic rings. The second-order valence-corrected chi connectivity index (χ2v) is 8.55. The van der Waals surface area contributed by atoms with E-state index in [-0.39, 0.29) is 16.6 Å². The number of rotatable bonds is 7. The number of anilines is 2. The molecular formula is C26H21Cl2N3O3. The van der Waals surface area contributed by atoms with Crippen LogP contribution in [0.15, 0.2) is 83.5 Å². The summed E-state index contributed by atoms with van der Waals surface area (Å²) < 4.78 is 0. The number of benzene rings is 3. The van der Waals surface area contributed by atoms with Gasteiger partial charge in [-0.15, -0.1) is 0 Å². The summed E-state index contributed by atoms with van der Waals surface area (Å²) in [7, 11) is 0. The largest absolute Gasteiger partial charge is 0.352 e. The summed E-state index contributed by atoms with van der Waals surface area (Å²) in [6.07, 6.45) is 0.734. The first-order valence-corrected chi connectivity index (χ1v) is 11.3. The maximum atomic E-state index is 12.9. The van der Waals surface area contributed by atoms with Crippen molar-refractivity contribution in [2.45, 2.75) is 13.3 Å². The molecule has 6 nitrogen and oxygen atoms in total. The Morgan fingerprint density at radius 1 is 0.912 bits per heavy atom. The van der Waals surface area contributed by atoms with Crippen LogP contribution in [0.4, 0.5) is 11.4 Å². The molecule has 0 aromatic heterocycles. The average molecular weight is 494 g/mol. The molecule has 0 fully saturated rings. The average Bonchev–Trinajstić information content (AvgIpc) is 3.05. The third-order valence-corrected chi connectivity index (χ3v) is 6.16. The van der Waals surface area contributed by atoms with Gasteiger partial charge in [-0.1, -0.05) is 59.6 Å². The van der Waals surface area contributed by atoms with Crippen LogP contribution in [-0.4, -0.2) is 24.3 Å². The molecule has 1 heterocycles. The highest BCUT2D eigenvalue weighted by Crippen LogP contribution is 2.32. The predicted molar refractivity (Wildman–Crippen MR) is 134 cm³/mol. The number of halogens is 2. The van der Waals surface area contributed by atoms with Crippen molar-refractivity contribution in [3.63, 3.8) is 0 Å². The molecule has 1 aliphatic heterocycles. The number of imide groups is 1. The summed E-state index contributed by atoms with van der Waals surface area (Å²) in [5, 5.41) is 6.00. The lowest BCUT2D eigenvalue weighted by Gasteiger charge is -2.16. The molecule has 8 heteroatoms. The van der Waals surface area contributed by atoms with Crippen LogP contribution in [0.25, 0.3) is 0 Å². The number of amides is 3. The zero-order valence-corrected chi connectivity index (χ0v) is 19.8. The van der Waals surface area contributed by atoms with Crippen LogP contribution in [0.3, 0.4) is 0 Å². The zero-order chi connectivity index (χ0) is 24.2. The minimum atomic E-state index is -0.636. The molecule has 0 aliphatic carbocycles. The molecule has 0 radical (unpaired) electrons. The maximum absolute atomic E-state index is 12.9. The van der Waals surface area contributed by atoms with E-state index in [9.17, 15) is 14.4 Å². The van der Waals surface area contributed by atoms with Crippen molar-refractivity contribution < 1.29 is 14.4 Å². The van der Waals surface area contributed by atoms with Crippen LogP contribution in [0.5, 0.6) is 0 Å². The number of nitrogens with one attached hydrogen (secondary N) is 2. The molecule has 4 rings (SSSR count). The number of nitrogens with zero attached hydrogens (tertiary/aromatic N) is 1. The number of carbonyl (C=O) groups is 3. The van der Waals surface area contributed by atoms with Gasteiger partial charge in [0, 0.05) is 22.8 Å². The standard InChI is InChI=1S/C26H21Cl2N3O3/c1-16-7-12-20(15-21(16)27)31-25(33)22(28)23(26(31)34)30-19-10-8-18(9-11-19)24(32)29-14-13-17-5-3-2-4-6-17/h2-12,15,30H,13-14H2,1H3,(H,29,32). The lowest BCUT2D eigenvalue weighted by Crippen LogP contribution is -2.32. The predicted octanol–water partition coefficient (Wildman–Crippen LogP) is 5.06. The second kappa shape index (κ2) is 10.1. The normalized spacial score (nSPS) is 13.4. The molecule has 0 saturated carbocycles. The Bertz CT molecular complexity index is 1290. The summed E-state index contributed by atoms with van der Waals surface area (Å²) in [6.45, 7) is 2.34. The lowest BCUT2D eigenvalue weighted by atomic mass is 10.1. The molecule has 34 heavy (non-hydrogen) atoms. The first-order chi connectivity index (χ1) is 16.3. The molecule has 0 spiro atoms. The fourth-order valence-corrected chi connectivity index (χ4v) is 3.87. The summed E-state index contributed by atoms with van der Waals surface area (Å²) >= 11 is 12.3. The van der Waals surface area contributed by atoms with Crippen molar-refractivity contribution in [1.29, 1.82) is 0 Å². The molecule has 0 atom stereocenters. The number of aryl methyl sites for hydroxylation is 1. The van der Waals surface area contributed by atoms with E-state index in [1.165, 1.54) is 0 Å². The number of hydrogen-bond donors (Lipinski definition) is 2. The third kappa shape index (κ3) is 4.98. The van der Waals surface area contributed by atoms with Crippen LogP contribution in [0.1, 0.15) is 21.5 Å². The summed E-state index contributed by atoms with van der Waals surface area (Å²) in [5.41, 5.74) is 3.25. The van der Waals surface area contributed by atoms with Gasteiger partial charge in [-0.3, -0.25) is 14.4 Å². The highest BCUT2D eigenvalue weighted by Gasteiger charge is 2.39. The Morgan fingerprint density at radius 3 is 2.29 bits per heavy atom. The summed E-state index contributed by atoms with van der Waals surface area (Å²) in [4.78, 5) is 39.0. The number of hydrogen-bond acceptors (Lipinski definition) is 4. The lowest BCUT2D eigenvalue weighted by molar-refractivity contribution is -0.120. The fourth-order valence-electron chi connectivity index (χ4n) is 3.48. The monoisotopic (exact) mass is 493 g/mol. The summed E-state index contributed by atoms with van der Waals surface area (Å²) in [6, 6.07) is 21.4. The number of carbonyl (C=O) groups excluding carboxylic acids is 3. The van der Waals surface area contributed by atoms with Gasteiger partial charge in [-0.25, -0.2) is 4.90 Å². The van der Waals surface area contributed by atoms with Crippen LogP contribution in [-0.2, 0) is 16.0 Å². The Labute approximate surface area is 207 Å². The van der Waals surface area contributed by atoms with Crippen molar-refractivity contribution in [3.8, 4) is 0 Å². The zero-order valence-electron chi connectivity index (χ0n) is 18.3. The minimum Gasteiger partial charge on any atom is -0.352 e. The second-order valence-electron chi connectivity index (χ2n) is 7.76. The Balaban J connectivity index is 1.40. The van der Waals surface area contributed by atoms with Crippen LogP contribution in [0, 0.1) is 6.92 Å². The van der Waals surface area contributed by atoms with Gasteiger partial charge in [0.15, 0.2) is 0 Å². The Morgan fingerprint density at radius 2 is 1.62 bits per heavy atom. The van der Waals surface area contributed by atoms with Crippen molar-refractivity contribution in [2.75, 3.05) is 16.8 Å². The first kappa shape index (κ1) is 23.5. The van der Waals surface area contributed by atoms with Crippen molar-refractivity contribution in [2.24, 2.45) is 0 Å². The van der Waals surface area contributed by atoms with Crippen molar-refractivity contribution in [1.82, 2.24) is 5.32 Å². The first-order valence-electron chi connectivity index (χ1n) is 10.6. The van der Waals surface area contributed by atoms with Gasteiger partial charge in [0.25, 0.3) is 17.7 Å². The van der Waals surface area contributed by atoms with Gasteiger partial charge < -0.3 is 10.6 Å². The van der Waals surface area contributed by atoms with Crippen LogP contribution >= 0.6 is 23.2 Å². The van der Waals surface area contributed by atoms with Gasteiger partial charge in [-0.2, -0.15) is 0 Å². The Hall–Kier alpha value is -3.61. The van der Waals surface area contributed by atoms with E-state index in [2.05, 4.69) is 10.6 Å². The van der Waals surface area contributed by atoms with E-state index in [1.807, 2.05) is 37.3 Å². The molecule has 0 unspecified atom stereocenters. The molecule has 2 N–H and O–H groups in total. The highest BCUT2D eigenvalue weighted by molar-refractivity contribution is 6.53. The van der Waals surface area contributed by atoms with Crippen molar-refractivity contribution >= 4 is 52.3 Å². The summed E-state index contributed by atoms with van der Waals surface area (Å²) in [5.74, 6) is -1.42. The van der Waals surface area contributed by atoms with E-state index in [1.54, 1.807) is 42.5 Å².